The largest absolute Gasteiger partial charge is 0.310 e. The van der Waals surface area contributed by atoms with Gasteiger partial charge in [-0.3, -0.25) is 4.98 Å². The first-order chi connectivity index (χ1) is 9.26. The zero-order valence-electron chi connectivity index (χ0n) is 12.1. The minimum absolute atomic E-state index is 0.729. The Labute approximate surface area is 117 Å². The predicted octanol–water partition coefficient (Wildman–Crippen LogP) is 3.98. The molecule has 1 aromatic rings. The summed E-state index contributed by atoms with van der Waals surface area (Å²) in [6, 6.07) is 5.02. The SMILES string of the molecule is Cc1ccc(CNC2CCC3(CCCC3)CC2)cn1. The first-order valence-corrected chi connectivity index (χ1v) is 7.91. The first kappa shape index (κ1) is 13.1. The van der Waals surface area contributed by atoms with Crippen LogP contribution in [-0.2, 0) is 6.54 Å². The average molecular weight is 258 g/mol. The molecule has 0 saturated heterocycles. The van der Waals surface area contributed by atoms with Crippen LogP contribution >= 0.6 is 0 Å². The highest BCUT2D eigenvalue weighted by Gasteiger charge is 2.37. The second kappa shape index (κ2) is 5.62. The fourth-order valence-electron chi connectivity index (χ4n) is 3.92. The molecule has 0 radical (unpaired) electrons. The highest BCUT2D eigenvalue weighted by molar-refractivity contribution is 5.13. The molecule has 1 aromatic heterocycles. The van der Waals surface area contributed by atoms with Crippen LogP contribution < -0.4 is 5.32 Å². The van der Waals surface area contributed by atoms with Gasteiger partial charge in [-0.25, -0.2) is 0 Å². The third-order valence-corrected chi connectivity index (χ3v) is 5.28. The topological polar surface area (TPSA) is 24.9 Å². The van der Waals surface area contributed by atoms with Gasteiger partial charge in [0.25, 0.3) is 0 Å². The smallest absolute Gasteiger partial charge is 0.0372 e. The summed E-state index contributed by atoms with van der Waals surface area (Å²) in [5.41, 5.74) is 3.17. The molecule has 1 spiro atoms. The van der Waals surface area contributed by atoms with Crippen molar-refractivity contribution in [2.45, 2.75) is 70.9 Å². The normalized spacial score (nSPS) is 23.0. The van der Waals surface area contributed by atoms with E-state index in [-0.39, 0.29) is 0 Å². The minimum Gasteiger partial charge on any atom is -0.310 e. The molecule has 2 heteroatoms. The lowest BCUT2D eigenvalue weighted by Gasteiger charge is -2.37. The maximum absolute atomic E-state index is 4.36. The summed E-state index contributed by atoms with van der Waals surface area (Å²) in [5.74, 6) is 0. The van der Waals surface area contributed by atoms with Crippen LogP contribution in [0.15, 0.2) is 18.3 Å². The third-order valence-electron chi connectivity index (χ3n) is 5.28. The molecular weight excluding hydrogens is 232 g/mol. The number of aromatic nitrogens is 1. The Kier molecular flexibility index (Phi) is 3.88. The summed E-state index contributed by atoms with van der Waals surface area (Å²) in [4.78, 5) is 4.36. The molecule has 0 bridgehead atoms. The van der Waals surface area contributed by atoms with Gasteiger partial charge in [0.1, 0.15) is 0 Å². The Morgan fingerprint density at radius 1 is 1.16 bits per heavy atom. The van der Waals surface area contributed by atoms with Crippen molar-refractivity contribution in [3.05, 3.63) is 29.6 Å². The molecule has 3 rings (SSSR count). The highest BCUT2D eigenvalue weighted by atomic mass is 14.9. The molecule has 0 unspecified atom stereocenters. The molecule has 2 aliphatic carbocycles. The molecule has 0 atom stereocenters. The van der Waals surface area contributed by atoms with Crippen molar-refractivity contribution >= 4 is 0 Å². The van der Waals surface area contributed by atoms with Crippen LogP contribution in [0.4, 0.5) is 0 Å². The van der Waals surface area contributed by atoms with Gasteiger partial charge in [-0.2, -0.15) is 0 Å². The molecule has 104 valence electrons. The van der Waals surface area contributed by atoms with E-state index >= 15 is 0 Å². The van der Waals surface area contributed by atoms with Crippen molar-refractivity contribution < 1.29 is 0 Å². The van der Waals surface area contributed by atoms with E-state index in [9.17, 15) is 0 Å². The zero-order valence-corrected chi connectivity index (χ0v) is 12.1. The van der Waals surface area contributed by atoms with E-state index in [2.05, 4.69) is 22.4 Å². The fraction of sp³-hybridized carbons (Fsp3) is 0.706. The van der Waals surface area contributed by atoms with Gasteiger partial charge in [0.2, 0.25) is 0 Å². The van der Waals surface area contributed by atoms with Crippen LogP contribution in [0.2, 0.25) is 0 Å². The van der Waals surface area contributed by atoms with Crippen LogP contribution in [0.5, 0.6) is 0 Å². The lowest BCUT2D eigenvalue weighted by Crippen LogP contribution is -2.36. The van der Waals surface area contributed by atoms with E-state index in [1.165, 1.54) is 56.9 Å². The molecule has 2 aliphatic rings. The molecule has 2 fully saturated rings. The summed E-state index contributed by atoms with van der Waals surface area (Å²) in [5, 5.41) is 3.72. The number of rotatable bonds is 3. The molecule has 1 heterocycles. The van der Waals surface area contributed by atoms with E-state index in [0.29, 0.717) is 0 Å². The van der Waals surface area contributed by atoms with E-state index < -0.39 is 0 Å². The van der Waals surface area contributed by atoms with Crippen LogP contribution in [0.3, 0.4) is 0 Å². The first-order valence-electron chi connectivity index (χ1n) is 7.91. The Morgan fingerprint density at radius 2 is 1.89 bits per heavy atom. The van der Waals surface area contributed by atoms with Gasteiger partial charge < -0.3 is 5.32 Å². The Morgan fingerprint density at radius 3 is 2.53 bits per heavy atom. The number of aryl methyl sites for hydroxylation is 1. The second-order valence-corrected chi connectivity index (χ2v) is 6.67. The lowest BCUT2D eigenvalue weighted by molar-refractivity contribution is 0.168. The van der Waals surface area contributed by atoms with Gasteiger partial charge in [0, 0.05) is 24.5 Å². The van der Waals surface area contributed by atoms with Crippen molar-refractivity contribution in [1.29, 1.82) is 0 Å². The number of nitrogens with one attached hydrogen (secondary N) is 1. The summed E-state index contributed by atoms with van der Waals surface area (Å²) in [7, 11) is 0. The number of pyridine rings is 1. The van der Waals surface area contributed by atoms with E-state index in [4.69, 9.17) is 0 Å². The summed E-state index contributed by atoms with van der Waals surface area (Å²) in [6.45, 7) is 3.02. The van der Waals surface area contributed by atoms with Crippen molar-refractivity contribution in [3.8, 4) is 0 Å². The molecule has 19 heavy (non-hydrogen) atoms. The molecule has 2 nitrogen and oxygen atoms in total. The molecule has 0 aliphatic heterocycles. The Hall–Kier alpha value is -0.890. The lowest BCUT2D eigenvalue weighted by atomic mass is 9.71. The van der Waals surface area contributed by atoms with Gasteiger partial charge in [0.05, 0.1) is 0 Å². The Bertz CT molecular complexity index is 394. The van der Waals surface area contributed by atoms with Crippen molar-refractivity contribution in [2.24, 2.45) is 5.41 Å². The number of nitrogens with zero attached hydrogens (tertiary/aromatic N) is 1. The van der Waals surface area contributed by atoms with E-state index in [1.807, 2.05) is 13.1 Å². The predicted molar refractivity (Wildman–Crippen MR) is 79.0 cm³/mol. The van der Waals surface area contributed by atoms with Gasteiger partial charge in [-0.05, 0) is 62.5 Å². The second-order valence-electron chi connectivity index (χ2n) is 6.67. The van der Waals surface area contributed by atoms with Gasteiger partial charge in [-0.1, -0.05) is 18.9 Å². The van der Waals surface area contributed by atoms with Gasteiger partial charge in [-0.15, -0.1) is 0 Å². The molecule has 0 aromatic carbocycles. The van der Waals surface area contributed by atoms with Crippen LogP contribution in [-0.4, -0.2) is 11.0 Å². The summed E-state index contributed by atoms with van der Waals surface area (Å²) < 4.78 is 0. The number of hydrogen-bond donors (Lipinski definition) is 1. The molecule has 0 amide bonds. The van der Waals surface area contributed by atoms with Crippen molar-refractivity contribution in [3.63, 3.8) is 0 Å². The van der Waals surface area contributed by atoms with Crippen molar-refractivity contribution in [2.75, 3.05) is 0 Å². The molecule has 2 saturated carbocycles. The van der Waals surface area contributed by atoms with Crippen LogP contribution in [0.1, 0.15) is 62.6 Å². The minimum atomic E-state index is 0.729. The fourth-order valence-corrected chi connectivity index (χ4v) is 3.92. The van der Waals surface area contributed by atoms with Crippen molar-refractivity contribution in [1.82, 2.24) is 10.3 Å². The molecular formula is C17H26N2. The van der Waals surface area contributed by atoms with Crippen LogP contribution in [0, 0.1) is 12.3 Å². The molecule has 1 N–H and O–H groups in total. The van der Waals surface area contributed by atoms with E-state index in [1.54, 1.807) is 0 Å². The maximum atomic E-state index is 4.36. The maximum Gasteiger partial charge on any atom is 0.0372 e. The summed E-state index contributed by atoms with van der Waals surface area (Å²) in [6.07, 6.45) is 13.6. The summed E-state index contributed by atoms with van der Waals surface area (Å²) >= 11 is 0. The van der Waals surface area contributed by atoms with E-state index in [0.717, 1.165) is 23.7 Å². The highest BCUT2D eigenvalue weighted by Crippen LogP contribution is 2.48. The van der Waals surface area contributed by atoms with Gasteiger partial charge >= 0.3 is 0 Å². The standard InChI is InChI=1S/C17H26N2/c1-14-4-5-15(12-18-14)13-19-16-6-10-17(11-7-16)8-2-3-9-17/h4-5,12,16,19H,2-3,6-11,13H2,1H3. The third kappa shape index (κ3) is 3.17. The Balaban J connectivity index is 1.46. The zero-order chi connectivity index (χ0) is 13.1. The average Bonchev–Trinajstić information content (AvgIpc) is 2.89. The number of hydrogen-bond acceptors (Lipinski definition) is 2. The van der Waals surface area contributed by atoms with Gasteiger partial charge in [0.15, 0.2) is 0 Å². The van der Waals surface area contributed by atoms with Crippen LogP contribution in [0.25, 0.3) is 0 Å². The monoisotopic (exact) mass is 258 g/mol. The quantitative estimate of drug-likeness (QED) is 0.887.